The molecule has 3 N–H and O–H groups in total. The standard InChI is InChI=1S/C14H19N3O4/c1-10(18)15-8-4-2-3-7-12(19)17-13-11(14(20)21)6-5-9-16-13/h5-6,9H,2-4,7-8H2,1H3,(H,15,18)(H,20,21)(H,16,17,19). The molecule has 2 amide bonds. The number of amides is 2. The number of hydrogen-bond donors (Lipinski definition) is 3. The van der Waals surface area contributed by atoms with Crippen LogP contribution < -0.4 is 10.6 Å². The van der Waals surface area contributed by atoms with E-state index in [2.05, 4.69) is 15.6 Å². The van der Waals surface area contributed by atoms with E-state index in [0.717, 1.165) is 12.8 Å². The van der Waals surface area contributed by atoms with Crippen molar-refractivity contribution in [1.29, 1.82) is 0 Å². The molecule has 1 rings (SSSR count). The molecule has 0 aliphatic carbocycles. The highest BCUT2D eigenvalue weighted by Crippen LogP contribution is 2.12. The number of rotatable bonds is 8. The molecule has 0 unspecified atom stereocenters. The van der Waals surface area contributed by atoms with Crippen LogP contribution in [0.25, 0.3) is 0 Å². The van der Waals surface area contributed by atoms with E-state index in [0.29, 0.717) is 13.0 Å². The van der Waals surface area contributed by atoms with Crippen LogP contribution in [0, 0.1) is 0 Å². The molecule has 0 atom stereocenters. The van der Waals surface area contributed by atoms with Gasteiger partial charge >= 0.3 is 5.97 Å². The molecule has 0 saturated carbocycles. The minimum absolute atomic E-state index is 0.0310. The Kier molecular flexibility index (Phi) is 6.86. The van der Waals surface area contributed by atoms with Crippen molar-refractivity contribution >= 4 is 23.6 Å². The molecule has 7 heteroatoms. The van der Waals surface area contributed by atoms with Crippen LogP contribution in [0.5, 0.6) is 0 Å². The smallest absolute Gasteiger partial charge is 0.339 e. The molecular formula is C14H19N3O4. The maximum Gasteiger partial charge on any atom is 0.339 e. The first-order valence-electron chi connectivity index (χ1n) is 6.73. The van der Waals surface area contributed by atoms with Crippen molar-refractivity contribution in [2.45, 2.75) is 32.6 Å². The Morgan fingerprint density at radius 1 is 1.24 bits per heavy atom. The van der Waals surface area contributed by atoms with Gasteiger partial charge in [0.05, 0.1) is 0 Å². The van der Waals surface area contributed by atoms with E-state index in [1.165, 1.54) is 25.3 Å². The summed E-state index contributed by atoms with van der Waals surface area (Å²) >= 11 is 0. The third kappa shape index (κ3) is 6.51. The molecular weight excluding hydrogens is 274 g/mol. The Hall–Kier alpha value is -2.44. The van der Waals surface area contributed by atoms with Crippen LogP contribution in [-0.4, -0.2) is 34.4 Å². The minimum Gasteiger partial charge on any atom is -0.478 e. The van der Waals surface area contributed by atoms with Crippen molar-refractivity contribution in [2.75, 3.05) is 11.9 Å². The zero-order valence-electron chi connectivity index (χ0n) is 11.9. The van der Waals surface area contributed by atoms with Gasteiger partial charge in [0.15, 0.2) is 0 Å². The normalized spacial score (nSPS) is 9.95. The largest absolute Gasteiger partial charge is 0.478 e. The number of carbonyl (C=O) groups is 3. The highest BCUT2D eigenvalue weighted by atomic mass is 16.4. The number of carbonyl (C=O) groups excluding carboxylic acids is 2. The predicted molar refractivity (Wildman–Crippen MR) is 77.0 cm³/mol. The molecule has 0 aliphatic rings. The number of anilines is 1. The summed E-state index contributed by atoms with van der Waals surface area (Å²) in [5, 5.41) is 14.1. The lowest BCUT2D eigenvalue weighted by atomic mass is 10.2. The van der Waals surface area contributed by atoms with Gasteiger partial charge in [0, 0.05) is 26.1 Å². The summed E-state index contributed by atoms with van der Waals surface area (Å²) in [6, 6.07) is 2.89. The number of pyridine rings is 1. The number of aromatic carboxylic acids is 1. The fraction of sp³-hybridized carbons (Fsp3) is 0.429. The van der Waals surface area contributed by atoms with Gasteiger partial charge in [0.1, 0.15) is 11.4 Å². The van der Waals surface area contributed by atoms with Gasteiger partial charge in [0.2, 0.25) is 11.8 Å². The van der Waals surface area contributed by atoms with Crippen molar-refractivity contribution < 1.29 is 19.5 Å². The number of carboxylic acid groups (broad SMARTS) is 1. The summed E-state index contributed by atoms with van der Waals surface area (Å²) < 4.78 is 0. The van der Waals surface area contributed by atoms with Crippen molar-refractivity contribution in [3.05, 3.63) is 23.9 Å². The third-order valence-corrected chi connectivity index (χ3v) is 2.75. The summed E-state index contributed by atoms with van der Waals surface area (Å²) in [5.41, 5.74) is -0.0310. The molecule has 114 valence electrons. The van der Waals surface area contributed by atoms with E-state index in [4.69, 9.17) is 5.11 Å². The zero-order valence-corrected chi connectivity index (χ0v) is 11.9. The van der Waals surface area contributed by atoms with Gasteiger partial charge in [-0.2, -0.15) is 0 Å². The zero-order chi connectivity index (χ0) is 15.7. The van der Waals surface area contributed by atoms with Gasteiger partial charge in [0.25, 0.3) is 0 Å². The number of unbranched alkanes of at least 4 members (excludes halogenated alkanes) is 2. The average Bonchev–Trinajstić information content (AvgIpc) is 2.42. The number of aromatic nitrogens is 1. The molecule has 1 aromatic rings. The maximum atomic E-state index is 11.7. The number of nitrogens with one attached hydrogen (secondary N) is 2. The van der Waals surface area contributed by atoms with Gasteiger partial charge in [-0.25, -0.2) is 9.78 Å². The molecule has 0 radical (unpaired) electrons. The molecule has 21 heavy (non-hydrogen) atoms. The van der Waals surface area contributed by atoms with E-state index >= 15 is 0 Å². The molecule has 0 spiro atoms. The van der Waals surface area contributed by atoms with E-state index in [-0.39, 0.29) is 29.6 Å². The van der Waals surface area contributed by atoms with Gasteiger partial charge in [-0.15, -0.1) is 0 Å². The van der Waals surface area contributed by atoms with Crippen molar-refractivity contribution in [3.63, 3.8) is 0 Å². The lowest BCUT2D eigenvalue weighted by Gasteiger charge is -2.07. The van der Waals surface area contributed by atoms with Gasteiger partial charge < -0.3 is 15.7 Å². The summed E-state index contributed by atoms with van der Waals surface area (Å²) in [6.07, 6.45) is 3.99. The lowest BCUT2D eigenvalue weighted by Crippen LogP contribution is -2.20. The van der Waals surface area contributed by atoms with Crippen molar-refractivity contribution in [3.8, 4) is 0 Å². The maximum absolute atomic E-state index is 11.7. The first-order valence-corrected chi connectivity index (χ1v) is 6.73. The van der Waals surface area contributed by atoms with Crippen molar-refractivity contribution in [2.24, 2.45) is 0 Å². The van der Waals surface area contributed by atoms with Gasteiger partial charge in [-0.3, -0.25) is 9.59 Å². The second kappa shape index (κ2) is 8.68. The van der Waals surface area contributed by atoms with Crippen LogP contribution in [0.15, 0.2) is 18.3 Å². The second-order valence-corrected chi connectivity index (χ2v) is 4.55. The molecule has 1 heterocycles. The Labute approximate surface area is 122 Å². The molecule has 0 bridgehead atoms. The Balaban J connectivity index is 2.31. The summed E-state index contributed by atoms with van der Waals surface area (Å²) in [7, 11) is 0. The van der Waals surface area contributed by atoms with Crippen molar-refractivity contribution in [1.82, 2.24) is 10.3 Å². The summed E-state index contributed by atoms with van der Waals surface area (Å²) in [6.45, 7) is 2.06. The molecule has 7 nitrogen and oxygen atoms in total. The van der Waals surface area contributed by atoms with Crippen LogP contribution in [0.1, 0.15) is 43.0 Å². The number of carboxylic acids is 1. The fourth-order valence-corrected chi connectivity index (χ4v) is 1.72. The first-order chi connectivity index (χ1) is 10.0. The average molecular weight is 293 g/mol. The Bertz CT molecular complexity index is 517. The topological polar surface area (TPSA) is 108 Å². The number of hydrogen-bond acceptors (Lipinski definition) is 4. The highest BCUT2D eigenvalue weighted by molar-refractivity contribution is 5.99. The van der Waals surface area contributed by atoms with E-state index < -0.39 is 5.97 Å². The summed E-state index contributed by atoms with van der Waals surface area (Å²) in [5.74, 6) is -1.40. The fourth-order valence-electron chi connectivity index (χ4n) is 1.72. The van der Waals surface area contributed by atoms with E-state index in [9.17, 15) is 14.4 Å². The Morgan fingerprint density at radius 3 is 2.67 bits per heavy atom. The SMILES string of the molecule is CC(=O)NCCCCCC(=O)Nc1ncccc1C(=O)O. The quantitative estimate of drug-likeness (QED) is 0.628. The van der Waals surface area contributed by atoms with Crippen LogP contribution in [-0.2, 0) is 9.59 Å². The van der Waals surface area contributed by atoms with Gasteiger partial charge in [-0.05, 0) is 25.0 Å². The lowest BCUT2D eigenvalue weighted by molar-refractivity contribution is -0.119. The highest BCUT2D eigenvalue weighted by Gasteiger charge is 2.12. The minimum atomic E-state index is -1.13. The van der Waals surface area contributed by atoms with Crippen LogP contribution in [0.2, 0.25) is 0 Å². The molecule has 0 aliphatic heterocycles. The molecule has 0 saturated heterocycles. The van der Waals surface area contributed by atoms with E-state index in [1.54, 1.807) is 0 Å². The van der Waals surface area contributed by atoms with Crippen LogP contribution >= 0.6 is 0 Å². The molecule has 1 aromatic heterocycles. The first kappa shape index (κ1) is 16.6. The Morgan fingerprint density at radius 2 is 2.00 bits per heavy atom. The van der Waals surface area contributed by atoms with E-state index in [1.807, 2.05) is 0 Å². The third-order valence-electron chi connectivity index (χ3n) is 2.75. The molecule has 0 aromatic carbocycles. The van der Waals surface area contributed by atoms with Crippen LogP contribution in [0.3, 0.4) is 0 Å². The van der Waals surface area contributed by atoms with Crippen LogP contribution in [0.4, 0.5) is 5.82 Å². The molecule has 0 fully saturated rings. The predicted octanol–water partition coefficient (Wildman–Crippen LogP) is 1.41. The second-order valence-electron chi connectivity index (χ2n) is 4.55. The monoisotopic (exact) mass is 293 g/mol. The van der Waals surface area contributed by atoms with Gasteiger partial charge in [-0.1, -0.05) is 6.42 Å². The number of nitrogens with zero attached hydrogens (tertiary/aromatic N) is 1. The summed E-state index contributed by atoms with van der Waals surface area (Å²) in [4.78, 5) is 37.2.